The first-order valence-corrected chi connectivity index (χ1v) is 9.37. The van der Waals surface area contributed by atoms with Gasteiger partial charge in [-0.15, -0.1) is 0 Å². The summed E-state index contributed by atoms with van der Waals surface area (Å²) in [7, 11) is 0. The lowest BCUT2D eigenvalue weighted by Gasteiger charge is -2.39. The van der Waals surface area contributed by atoms with Crippen LogP contribution in [-0.4, -0.2) is 56.5 Å². The number of halogens is 1. The maximum absolute atomic E-state index is 12.5. The minimum atomic E-state index is -0.975. The third kappa shape index (κ3) is 3.90. The second-order valence-electron chi connectivity index (χ2n) is 6.27. The zero-order valence-electron chi connectivity index (χ0n) is 14.5. The number of aromatic nitrogens is 2. The number of hydrogen-bond donors (Lipinski definition) is 2. The third-order valence-corrected chi connectivity index (χ3v) is 5.03. The highest BCUT2D eigenvalue weighted by atomic mass is 79.9. The molecule has 8 heteroatoms. The van der Waals surface area contributed by atoms with E-state index in [1.165, 1.54) is 4.90 Å². The normalized spacial score (nSPS) is 17.4. The van der Waals surface area contributed by atoms with Crippen molar-refractivity contribution in [2.45, 2.75) is 25.8 Å². The summed E-state index contributed by atoms with van der Waals surface area (Å²) in [6.07, 6.45) is 1.95. The van der Waals surface area contributed by atoms with Gasteiger partial charge in [0, 0.05) is 24.0 Å². The molecule has 1 atom stereocenters. The largest absolute Gasteiger partial charge is 0.465 e. The SMILES string of the molecule is CCCC(=O)N1CCN(C(=O)O)CC1c1ncc(-c2ccc(Br)cc2)[nH]1. The van der Waals surface area contributed by atoms with Crippen LogP contribution in [0.15, 0.2) is 34.9 Å². The summed E-state index contributed by atoms with van der Waals surface area (Å²) in [5.41, 5.74) is 1.81. The van der Waals surface area contributed by atoms with Crippen LogP contribution in [0.2, 0.25) is 0 Å². The van der Waals surface area contributed by atoms with Gasteiger partial charge in [0.05, 0.1) is 18.4 Å². The summed E-state index contributed by atoms with van der Waals surface area (Å²) < 4.78 is 0.988. The molecule has 3 rings (SSSR count). The number of nitrogens with zero attached hydrogens (tertiary/aromatic N) is 3. The van der Waals surface area contributed by atoms with Gasteiger partial charge in [-0.3, -0.25) is 4.79 Å². The Hall–Kier alpha value is -2.35. The number of carboxylic acid groups (broad SMARTS) is 1. The fourth-order valence-corrected chi connectivity index (χ4v) is 3.39. The molecule has 1 saturated heterocycles. The summed E-state index contributed by atoms with van der Waals surface area (Å²) in [6.45, 7) is 2.88. The van der Waals surface area contributed by atoms with Crippen LogP contribution < -0.4 is 0 Å². The lowest BCUT2D eigenvalue weighted by Crippen LogP contribution is -2.52. The number of H-pyrrole nitrogens is 1. The Kier molecular flexibility index (Phi) is 5.61. The van der Waals surface area contributed by atoms with E-state index in [1.54, 1.807) is 11.1 Å². The predicted molar refractivity (Wildman–Crippen MR) is 101 cm³/mol. The molecule has 2 heterocycles. The highest BCUT2D eigenvalue weighted by Crippen LogP contribution is 2.27. The number of piperazine rings is 1. The Labute approximate surface area is 160 Å². The zero-order valence-corrected chi connectivity index (χ0v) is 16.1. The molecule has 1 fully saturated rings. The average Bonchev–Trinajstić information content (AvgIpc) is 3.12. The van der Waals surface area contributed by atoms with E-state index in [4.69, 9.17) is 0 Å². The highest BCUT2D eigenvalue weighted by Gasteiger charge is 2.34. The number of amides is 2. The molecule has 2 aromatic rings. The molecule has 0 saturated carbocycles. The lowest BCUT2D eigenvalue weighted by molar-refractivity contribution is -0.136. The summed E-state index contributed by atoms with van der Waals surface area (Å²) in [6, 6.07) is 7.42. The van der Waals surface area contributed by atoms with E-state index in [0.29, 0.717) is 25.3 Å². The van der Waals surface area contributed by atoms with E-state index in [9.17, 15) is 14.7 Å². The summed E-state index contributed by atoms with van der Waals surface area (Å²) in [5.74, 6) is 0.641. The fraction of sp³-hybridized carbons (Fsp3) is 0.389. The molecule has 1 aromatic carbocycles. The summed E-state index contributed by atoms with van der Waals surface area (Å²) in [5, 5.41) is 9.33. The van der Waals surface area contributed by atoms with Crippen LogP contribution in [0, 0.1) is 0 Å². The first-order chi connectivity index (χ1) is 12.5. The van der Waals surface area contributed by atoms with Crippen molar-refractivity contribution in [3.63, 3.8) is 0 Å². The molecule has 1 aliphatic rings. The third-order valence-electron chi connectivity index (χ3n) is 4.50. The van der Waals surface area contributed by atoms with Crippen LogP contribution >= 0.6 is 15.9 Å². The van der Waals surface area contributed by atoms with E-state index in [2.05, 4.69) is 25.9 Å². The maximum atomic E-state index is 12.5. The maximum Gasteiger partial charge on any atom is 0.407 e. The van der Waals surface area contributed by atoms with E-state index in [1.807, 2.05) is 31.2 Å². The van der Waals surface area contributed by atoms with Crippen LogP contribution in [0.3, 0.4) is 0 Å². The van der Waals surface area contributed by atoms with E-state index in [0.717, 1.165) is 22.2 Å². The average molecular weight is 421 g/mol. The van der Waals surface area contributed by atoms with Crippen LogP contribution in [0.5, 0.6) is 0 Å². The Morgan fingerprint density at radius 2 is 2.04 bits per heavy atom. The van der Waals surface area contributed by atoms with Crippen molar-refractivity contribution in [2.24, 2.45) is 0 Å². The number of rotatable bonds is 4. The second-order valence-corrected chi connectivity index (χ2v) is 7.19. The van der Waals surface area contributed by atoms with Gasteiger partial charge in [-0.2, -0.15) is 0 Å². The minimum Gasteiger partial charge on any atom is -0.465 e. The topological polar surface area (TPSA) is 89.5 Å². The van der Waals surface area contributed by atoms with Crippen molar-refractivity contribution in [1.82, 2.24) is 19.8 Å². The lowest BCUT2D eigenvalue weighted by atomic mass is 10.1. The van der Waals surface area contributed by atoms with Gasteiger partial charge >= 0.3 is 6.09 Å². The molecule has 1 aliphatic heterocycles. The van der Waals surface area contributed by atoms with E-state index < -0.39 is 12.1 Å². The Balaban J connectivity index is 1.88. The van der Waals surface area contributed by atoms with Crippen LogP contribution in [-0.2, 0) is 4.79 Å². The van der Waals surface area contributed by atoms with Crippen molar-refractivity contribution in [3.05, 3.63) is 40.8 Å². The van der Waals surface area contributed by atoms with Crippen LogP contribution in [0.1, 0.15) is 31.6 Å². The van der Waals surface area contributed by atoms with Gasteiger partial charge in [0.25, 0.3) is 0 Å². The van der Waals surface area contributed by atoms with Crippen molar-refractivity contribution in [3.8, 4) is 11.3 Å². The number of imidazole rings is 1. The van der Waals surface area contributed by atoms with Crippen LogP contribution in [0.4, 0.5) is 4.79 Å². The first-order valence-electron chi connectivity index (χ1n) is 8.57. The summed E-state index contributed by atoms with van der Waals surface area (Å²) in [4.78, 5) is 34.7. The fourth-order valence-electron chi connectivity index (χ4n) is 3.13. The van der Waals surface area contributed by atoms with E-state index >= 15 is 0 Å². The summed E-state index contributed by atoms with van der Waals surface area (Å²) >= 11 is 3.41. The molecular weight excluding hydrogens is 400 g/mol. The molecule has 0 spiro atoms. The molecule has 0 aliphatic carbocycles. The Morgan fingerprint density at radius 3 is 2.69 bits per heavy atom. The molecule has 138 valence electrons. The van der Waals surface area contributed by atoms with Crippen molar-refractivity contribution < 1.29 is 14.7 Å². The van der Waals surface area contributed by atoms with Gasteiger partial charge in [0.1, 0.15) is 11.9 Å². The molecule has 7 nitrogen and oxygen atoms in total. The minimum absolute atomic E-state index is 0.0316. The van der Waals surface area contributed by atoms with Gasteiger partial charge in [0.2, 0.25) is 5.91 Å². The van der Waals surface area contributed by atoms with Gasteiger partial charge in [-0.25, -0.2) is 9.78 Å². The second kappa shape index (κ2) is 7.90. The van der Waals surface area contributed by atoms with Crippen molar-refractivity contribution in [2.75, 3.05) is 19.6 Å². The van der Waals surface area contributed by atoms with Gasteiger partial charge in [-0.05, 0) is 24.1 Å². The monoisotopic (exact) mass is 420 g/mol. The highest BCUT2D eigenvalue weighted by molar-refractivity contribution is 9.10. The number of benzene rings is 1. The molecular formula is C18H21BrN4O3. The zero-order chi connectivity index (χ0) is 18.7. The van der Waals surface area contributed by atoms with Gasteiger partial charge in [0.15, 0.2) is 0 Å². The number of carbonyl (C=O) groups excluding carboxylic acids is 1. The Bertz CT molecular complexity index is 790. The number of aromatic amines is 1. The number of nitrogens with one attached hydrogen (secondary N) is 1. The molecule has 1 unspecified atom stereocenters. The molecule has 2 N–H and O–H groups in total. The van der Waals surface area contributed by atoms with Crippen molar-refractivity contribution in [1.29, 1.82) is 0 Å². The molecule has 0 radical (unpaired) electrons. The molecule has 1 aromatic heterocycles. The number of carbonyl (C=O) groups is 2. The molecule has 26 heavy (non-hydrogen) atoms. The quantitative estimate of drug-likeness (QED) is 0.791. The van der Waals surface area contributed by atoms with Gasteiger partial charge in [-0.1, -0.05) is 35.0 Å². The smallest absolute Gasteiger partial charge is 0.407 e. The van der Waals surface area contributed by atoms with Gasteiger partial charge < -0.3 is 19.9 Å². The molecule has 0 bridgehead atoms. The predicted octanol–water partition coefficient (Wildman–Crippen LogP) is 3.50. The number of hydrogen-bond acceptors (Lipinski definition) is 3. The standard InChI is InChI=1S/C18H21BrN4O3/c1-2-3-16(24)23-9-8-22(18(25)26)11-15(23)17-20-10-14(21-17)12-4-6-13(19)7-5-12/h4-7,10,15H,2-3,8-9,11H2,1H3,(H,20,21)(H,25,26). The van der Waals surface area contributed by atoms with E-state index in [-0.39, 0.29) is 12.5 Å². The van der Waals surface area contributed by atoms with Crippen LogP contribution in [0.25, 0.3) is 11.3 Å². The Morgan fingerprint density at radius 1 is 1.31 bits per heavy atom. The first kappa shape index (κ1) is 18.4. The molecule has 2 amide bonds. The van der Waals surface area contributed by atoms with Crippen molar-refractivity contribution >= 4 is 27.9 Å².